The molecule has 0 aromatic carbocycles. The molecule has 4 heteroatoms. The summed E-state index contributed by atoms with van der Waals surface area (Å²) in [6.07, 6.45) is 1.60. The minimum absolute atomic E-state index is 0.0694. The van der Waals surface area contributed by atoms with Gasteiger partial charge in [0.25, 0.3) is 11.5 Å². The van der Waals surface area contributed by atoms with Crippen LogP contribution >= 0.6 is 0 Å². The van der Waals surface area contributed by atoms with Gasteiger partial charge in [-0.25, -0.2) is 0 Å². The summed E-state index contributed by atoms with van der Waals surface area (Å²) in [4.78, 5) is 22.1. The minimum Gasteiger partial charge on any atom is -0.365 e. The zero-order valence-electron chi connectivity index (χ0n) is 7.00. The van der Waals surface area contributed by atoms with Crippen molar-refractivity contribution in [2.45, 2.75) is 6.92 Å². The number of hydrogen-bond donors (Lipinski definition) is 1. The third-order valence-electron chi connectivity index (χ3n) is 1.72. The number of pyridine rings is 1. The van der Waals surface area contributed by atoms with Crippen molar-refractivity contribution in [3.05, 3.63) is 33.7 Å². The summed E-state index contributed by atoms with van der Waals surface area (Å²) >= 11 is 0. The predicted molar refractivity (Wildman–Crippen MR) is 44.9 cm³/mol. The van der Waals surface area contributed by atoms with E-state index in [0.29, 0.717) is 5.56 Å². The Balaban J connectivity index is 3.55. The maximum atomic E-state index is 11.3. The summed E-state index contributed by atoms with van der Waals surface area (Å²) in [5.74, 6) is -0.672. The fraction of sp³-hybridized carbons (Fsp3) is 0.250. The molecular weight excluding hydrogens is 156 g/mol. The van der Waals surface area contributed by atoms with Crippen molar-refractivity contribution in [3.63, 3.8) is 0 Å². The number of nitrogens with two attached hydrogens (primary N) is 1. The van der Waals surface area contributed by atoms with Gasteiger partial charge in [0, 0.05) is 13.2 Å². The fourth-order valence-electron chi connectivity index (χ4n) is 1.02. The van der Waals surface area contributed by atoms with Crippen molar-refractivity contribution in [2.75, 3.05) is 0 Å². The quantitative estimate of drug-likeness (QED) is 0.627. The molecule has 0 fully saturated rings. The molecule has 0 bridgehead atoms. The number of aryl methyl sites for hydroxylation is 2. The molecule has 0 aliphatic rings. The van der Waals surface area contributed by atoms with Crippen LogP contribution in [0.5, 0.6) is 0 Å². The Bertz CT molecular complexity index is 379. The number of carbonyl (C=O) groups excluding carboxylic acids is 1. The van der Waals surface area contributed by atoms with Crippen LogP contribution in [-0.4, -0.2) is 10.5 Å². The van der Waals surface area contributed by atoms with E-state index in [2.05, 4.69) is 0 Å². The lowest BCUT2D eigenvalue weighted by Crippen LogP contribution is -2.28. The molecule has 0 spiro atoms. The highest BCUT2D eigenvalue weighted by atomic mass is 16.2. The van der Waals surface area contributed by atoms with Gasteiger partial charge in [-0.15, -0.1) is 0 Å². The molecule has 4 nitrogen and oxygen atoms in total. The van der Waals surface area contributed by atoms with Gasteiger partial charge in [0.05, 0.1) is 0 Å². The molecule has 1 amide bonds. The number of nitrogens with zero attached hydrogens (tertiary/aromatic N) is 1. The number of amides is 1. The first-order valence-corrected chi connectivity index (χ1v) is 3.50. The third kappa shape index (κ3) is 1.23. The van der Waals surface area contributed by atoms with Gasteiger partial charge >= 0.3 is 0 Å². The average molecular weight is 166 g/mol. The Kier molecular flexibility index (Phi) is 1.99. The highest BCUT2D eigenvalue weighted by Crippen LogP contribution is 1.99. The van der Waals surface area contributed by atoms with E-state index >= 15 is 0 Å². The molecule has 2 N–H and O–H groups in total. The largest absolute Gasteiger partial charge is 0.365 e. The monoisotopic (exact) mass is 166 g/mol. The van der Waals surface area contributed by atoms with Crippen molar-refractivity contribution in [1.82, 2.24) is 4.57 Å². The molecule has 1 aromatic heterocycles. The first-order chi connectivity index (χ1) is 5.54. The Labute approximate surface area is 69.6 Å². The second kappa shape index (κ2) is 2.81. The second-order valence-electron chi connectivity index (χ2n) is 2.65. The van der Waals surface area contributed by atoms with Crippen LogP contribution < -0.4 is 11.3 Å². The minimum atomic E-state index is -0.672. The van der Waals surface area contributed by atoms with Crippen LogP contribution in [0.2, 0.25) is 0 Å². The summed E-state index contributed by atoms with van der Waals surface area (Å²) in [7, 11) is 1.58. The smallest absolute Gasteiger partial charge is 0.263 e. The lowest BCUT2D eigenvalue weighted by molar-refractivity contribution is 0.0998. The lowest BCUT2D eigenvalue weighted by Gasteiger charge is -2.02. The van der Waals surface area contributed by atoms with Crippen LogP contribution in [0.4, 0.5) is 0 Å². The number of hydrogen-bond acceptors (Lipinski definition) is 2. The van der Waals surface area contributed by atoms with Gasteiger partial charge in [0.15, 0.2) is 0 Å². The van der Waals surface area contributed by atoms with Gasteiger partial charge in [-0.2, -0.15) is 0 Å². The van der Waals surface area contributed by atoms with Crippen molar-refractivity contribution in [3.8, 4) is 0 Å². The van der Waals surface area contributed by atoms with Crippen LogP contribution in [0.1, 0.15) is 15.9 Å². The first kappa shape index (κ1) is 8.52. The number of primary amides is 1. The van der Waals surface area contributed by atoms with E-state index < -0.39 is 5.91 Å². The molecule has 0 unspecified atom stereocenters. The Hall–Kier alpha value is -1.58. The van der Waals surface area contributed by atoms with Gasteiger partial charge in [-0.1, -0.05) is 0 Å². The van der Waals surface area contributed by atoms with E-state index in [-0.39, 0.29) is 11.1 Å². The molecule has 0 atom stereocenters. The van der Waals surface area contributed by atoms with Gasteiger partial charge < -0.3 is 10.3 Å². The van der Waals surface area contributed by atoms with E-state index in [9.17, 15) is 9.59 Å². The molecule has 0 saturated heterocycles. The van der Waals surface area contributed by atoms with E-state index in [4.69, 9.17) is 5.73 Å². The second-order valence-corrected chi connectivity index (χ2v) is 2.65. The summed E-state index contributed by atoms with van der Waals surface area (Å²) in [5.41, 5.74) is 5.37. The molecule has 0 aliphatic heterocycles. The molecule has 0 radical (unpaired) electrons. The van der Waals surface area contributed by atoms with Crippen LogP contribution in [-0.2, 0) is 7.05 Å². The predicted octanol–water partition coefficient (Wildman–Crippen LogP) is -0.207. The van der Waals surface area contributed by atoms with Crippen LogP contribution in [0, 0.1) is 6.92 Å². The number of rotatable bonds is 1. The zero-order valence-corrected chi connectivity index (χ0v) is 7.00. The van der Waals surface area contributed by atoms with E-state index in [1.54, 1.807) is 26.2 Å². The van der Waals surface area contributed by atoms with Crippen LogP contribution in [0.25, 0.3) is 0 Å². The molecule has 1 heterocycles. The SMILES string of the molecule is Cc1ccn(C)c(=O)c1C(N)=O. The Morgan fingerprint density at radius 3 is 2.58 bits per heavy atom. The summed E-state index contributed by atoms with van der Waals surface area (Å²) < 4.78 is 1.33. The van der Waals surface area contributed by atoms with Crippen LogP contribution in [0.15, 0.2) is 17.1 Å². The van der Waals surface area contributed by atoms with Gasteiger partial charge in [-0.05, 0) is 18.6 Å². The highest BCUT2D eigenvalue weighted by Gasteiger charge is 2.10. The van der Waals surface area contributed by atoms with E-state index in [1.807, 2.05) is 0 Å². The van der Waals surface area contributed by atoms with E-state index in [0.717, 1.165) is 0 Å². The lowest BCUT2D eigenvalue weighted by atomic mass is 10.1. The maximum absolute atomic E-state index is 11.3. The van der Waals surface area contributed by atoms with E-state index in [1.165, 1.54) is 4.57 Å². The van der Waals surface area contributed by atoms with Crippen molar-refractivity contribution in [1.29, 1.82) is 0 Å². The average Bonchev–Trinajstić information content (AvgIpc) is 1.97. The topological polar surface area (TPSA) is 65.1 Å². The molecule has 0 aliphatic carbocycles. The Morgan fingerprint density at radius 1 is 1.58 bits per heavy atom. The molecule has 12 heavy (non-hydrogen) atoms. The fourth-order valence-corrected chi connectivity index (χ4v) is 1.02. The molecule has 0 saturated carbocycles. The van der Waals surface area contributed by atoms with Crippen LogP contribution in [0.3, 0.4) is 0 Å². The van der Waals surface area contributed by atoms with Crippen molar-refractivity contribution >= 4 is 5.91 Å². The molecular formula is C8H10N2O2. The zero-order chi connectivity index (χ0) is 9.30. The first-order valence-electron chi connectivity index (χ1n) is 3.50. The highest BCUT2D eigenvalue weighted by molar-refractivity contribution is 5.93. The normalized spacial score (nSPS) is 9.83. The van der Waals surface area contributed by atoms with Gasteiger partial charge in [0.1, 0.15) is 5.56 Å². The maximum Gasteiger partial charge on any atom is 0.263 e. The summed E-state index contributed by atoms with van der Waals surface area (Å²) in [6.45, 7) is 1.68. The number of carbonyl (C=O) groups is 1. The van der Waals surface area contributed by atoms with Gasteiger partial charge in [0.2, 0.25) is 0 Å². The molecule has 64 valence electrons. The molecule has 1 rings (SSSR count). The number of aromatic nitrogens is 1. The summed E-state index contributed by atoms with van der Waals surface area (Å²) in [5, 5.41) is 0. The van der Waals surface area contributed by atoms with Crippen molar-refractivity contribution in [2.24, 2.45) is 12.8 Å². The standard InChI is InChI=1S/C8H10N2O2/c1-5-3-4-10(2)8(12)6(5)7(9)11/h3-4H,1-2H3,(H2,9,11). The van der Waals surface area contributed by atoms with Gasteiger partial charge in [-0.3, -0.25) is 9.59 Å². The molecule has 1 aromatic rings. The van der Waals surface area contributed by atoms with Crippen molar-refractivity contribution < 1.29 is 4.79 Å². The summed E-state index contributed by atoms with van der Waals surface area (Å²) in [6, 6.07) is 1.68. The Morgan fingerprint density at radius 2 is 2.17 bits per heavy atom. The third-order valence-corrected chi connectivity index (χ3v) is 1.72.